The molecule has 3 amide bonds. The number of likely N-dealkylation sites (N-methyl/N-ethyl adjacent to an activating group) is 1. The van der Waals surface area contributed by atoms with Crippen LogP contribution in [-0.2, 0) is 14.4 Å². The average Bonchev–Trinajstić information content (AvgIpc) is 2.96. The number of carbonyl (C=O) groups excluding carboxylic acids is 3. The molecule has 2 fully saturated rings. The molecule has 5 heteroatoms. The highest BCUT2D eigenvalue weighted by atomic mass is 16.2. The van der Waals surface area contributed by atoms with Crippen LogP contribution in [0.1, 0.15) is 32.6 Å². The number of likely N-dealkylation sites (tertiary alicyclic amines) is 1. The van der Waals surface area contributed by atoms with Crippen molar-refractivity contribution in [2.75, 3.05) is 11.9 Å². The van der Waals surface area contributed by atoms with Gasteiger partial charge in [0.2, 0.25) is 17.7 Å². The summed E-state index contributed by atoms with van der Waals surface area (Å²) in [6.07, 6.45) is 3.47. The molecule has 0 radical (unpaired) electrons. The van der Waals surface area contributed by atoms with E-state index in [1.807, 2.05) is 42.5 Å². The minimum absolute atomic E-state index is 0.169. The molecule has 1 heterocycles. The first-order valence-corrected chi connectivity index (χ1v) is 9.62. The number of rotatable bonds is 3. The van der Waals surface area contributed by atoms with Gasteiger partial charge >= 0.3 is 0 Å². The zero-order valence-electron chi connectivity index (χ0n) is 15.7. The number of imide groups is 1. The van der Waals surface area contributed by atoms with Crippen molar-refractivity contribution in [1.29, 1.82) is 0 Å². The summed E-state index contributed by atoms with van der Waals surface area (Å²) in [6, 6.07) is 13.0. The van der Waals surface area contributed by atoms with Gasteiger partial charge in [-0.2, -0.15) is 0 Å². The molecular weight excluding hydrogens is 340 g/mol. The van der Waals surface area contributed by atoms with Gasteiger partial charge in [0.15, 0.2) is 0 Å². The molecular formula is C22H24N2O3. The van der Waals surface area contributed by atoms with E-state index in [0.29, 0.717) is 0 Å². The molecule has 0 spiro atoms. The second kappa shape index (κ2) is 6.80. The fourth-order valence-electron chi connectivity index (χ4n) is 4.47. The maximum absolute atomic E-state index is 13.0. The maximum Gasteiger partial charge on any atom is 0.249 e. The minimum atomic E-state index is -0.785. The number of benzene rings is 2. The monoisotopic (exact) mass is 364 g/mol. The summed E-state index contributed by atoms with van der Waals surface area (Å²) in [5.74, 6) is -1.04. The molecule has 3 atom stereocenters. The molecule has 0 bridgehead atoms. The van der Waals surface area contributed by atoms with Gasteiger partial charge in [-0.3, -0.25) is 19.3 Å². The molecule has 3 unspecified atom stereocenters. The van der Waals surface area contributed by atoms with E-state index in [9.17, 15) is 14.4 Å². The van der Waals surface area contributed by atoms with Crippen molar-refractivity contribution in [3.63, 3.8) is 0 Å². The third-order valence-electron chi connectivity index (χ3n) is 6.07. The van der Waals surface area contributed by atoms with Crippen LogP contribution in [0.25, 0.3) is 10.8 Å². The van der Waals surface area contributed by atoms with Crippen LogP contribution in [0, 0.1) is 11.8 Å². The van der Waals surface area contributed by atoms with Gasteiger partial charge in [-0.05, 0) is 42.7 Å². The predicted molar refractivity (Wildman–Crippen MR) is 104 cm³/mol. The Morgan fingerprint density at radius 1 is 1.00 bits per heavy atom. The van der Waals surface area contributed by atoms with Crippen LogP contribution in [-0.4, -0.2) is 35.7 Å². The van der Waals surface area contributed by atoms with Gasteiger partial charge in [0.05, 0.1) is 11.8 Å². The van der Waals surface area contributed by atoms with Crippen molar-refractivity contribution < 1.29 is 14.4 Å². The van der Waals surface area contributed by atoms with Gasteiger partial charge in [0, 0.05) is 12.7 Å². The lowest BCUT2D eigenvalue weighted by Crippen LogP contribution is -2.49. The lowest BCUT2D eigenvalue weighted by Gasteiger charge is -2.27. The van der Waals surface area contributed by atoms with E-state index in [1.54, 1.807) is 18.9 Å². The van der Waals surface area contributed by atoms with Crippen molar-refractivity contribution in [3.05, 3.63) is 42.5 Å². The molecule has 1 saturated heterocycles. The number of hydrogen-bond acceptors (Lipinski definition) is 3. The maximum atomic E-state index is 13.0. The van der Waals surface area contributed by atoms with Crippen molar-refractivity contribution >= 4 is 34.2 Å². The van der Waals surface area contributed by atoms with Crippen molar-refractivity contribution in [2.45, 2.75) is 38.6 Å². The van der Waals surface area contributed by atoms with Crippen LogP contribution >= 0.6 is 0 Å². The highest BCUT2D eigenvalue weighted by Gasteiger charge is 2.51. The fourth-order valence-corrected chi connectivity index (χ4v) is 4.47. The molecule has 2 aromatic carbocycles. The smallest absolute Gasteiger partial charge is 0.249 e. The van der Waals surface area contributed by atoms with E-state index in [1.165, 1.54) is 4.90 Å². The zero-order valence-corrected chi connectivity index (χ0v) is 15.7. The van der Waals surface area contributed by atoms with Crippen molar-refractivity contribution in [1.82, 2.24) is 4.90 Å². The fraction of sp³-hybridized carbons (Fsp3) is 0.409. The van der Waals surface area contributed by atoms with E-state index in [0.717, 1.165) is 42.1 Å². The number of fused-ring (bicyclic) bond motifs is 2. The lowest BCUT2D eigenvalue weighted by molar-refractivity contribution is -0.146. The Morgan fingerprint density at radius 3 is 2.22 bits per heavy atom. The van der Waals surface area contributed by atoms with Crippen LogP contribution in [0.3, 0.4) is 0 Å². The summed E-state index contributed by atoms with van der Waals surface area (Å²) < 4.78 is 0. The molecule has 140 valence electrons. The summed E-state index contributed by atoms with van der Waals surface area (Å²) in [7, 11) is 1.70. The van der Waals surface area contributed by atoms with Crippen LogP contribution in [0.5, 0.6) is 0 Å². The van der Waals surface area contributed by atoms with E-state index < -0.39 is 6.04 Å². The number of hydrogen-bond donors (Lipinski definition) is 0. The molecule has 27 heavy (non-hydrogen) atoms. The number of anilines is 1. The van der Waals surface area contributed by atoms with Crippen LogP contribution in [0.15, 0.2) is 42.5 Å². The minimum Gasteiger partial charge on any atom is -0.314 e. The Bertz CT molecular complexity index is 899. The average molecular weight is 364 g/mol. The highest BCUT2D eigenvalue weighted by Crippen LogP contribution is 2.39. The summed E-state index contributed by atoms with van der Waals surface area (Å²) in [5, 5.41) is 2.14. The van der Waals surface area contributed by atoms with E-state index in [-0.39, 0.29) is 29.6 Å². The molecule has 1 aliphatic carbocycles. The van der Waals surface area contributed by atoms with E-state index in [2.05, 4.69) is 0 Å². The second-order valence-electron chi connectivity index (χ2n) is 7.65. The highest BCUT2D eigenvalue weighted by molar-refractivity contribution is 6.10. The zero-order chi connectivity index (χ0) is 19.1. The molecule has 2 aliphatic rings. The first-order chi connectivity index (χ1) is 13.0. The number of carbonyl (C=O) groups is 3. The largest absolute Gasteiger partial charge is 0.314 e. The predicted octanol–water partition coefficient (Wildman–Crippen LogP) is 3.37. The summed E-state index contributed by atoms with van der Waals surface area (Å²) >= 11 is 0. The van der Waals surface area contributed by atoms with Gasteiger partial charge in [-0.1, -0.05) is 43.2 Å². The van der Waals surface area contributed by atoms with E-state index >= 15 is 0 Å². The third kappa shape index (κ3) is 2.91. The van der Waals surface area contributed by atoms with Crippen LogP contribution in [0.2, 0.25) is 0 Å². The first-order valence-electron chi connectivity index (χ1n) is 9.62. The van der Waals surface area contributed by atoms with Gasteiger partial charge in [-0.25, -0.2) is 0 Å². The first kappa shape index (κ1) is 17.7. The van der Waals surface area contributed by atoms with Crippen LogP contribution in [0.4, 0.5) is 5.69 Å². The Hall–Kier alpha value is -2.69. The second-order valence-corrected chi connectivity index (χ2v) is 7.65. The molecule has 4 rings (SSSR count). The number of nitrogens with zero attached hydrogens (tertiary/aromatic N) is 2. The third-order valence-corrected chi connectivity index (χ3v) is 6.07. The topological polar surface area (TPSA) is 57.7 Å². The quantitative estimate of drug-likeness (QED) is 0.785. The Labute approximate surface area is 158 Å². The van der Waals surface area contributed by atoms with Gasteiger partial charge in [-0.15, -0.1) is 0 Å². The van der Waals surface area contributed by atoms with Gasteiger partial charge in [0.1, 0.15) is 6.04 Å². The summed E-state index contributed by atoms with van der Waals surface area (Å²) in [5.41, 5.74) is 0.752. The van der Waals surface area contributed by atoms with Crippen LogP contribution < -0.4 is 4.90 Å². The molecule has 1 saturated carbocycles. The van der Waals surface area contributed by atoms with Crippen molar-refractivity contribution in [2.24, 2.45) is 11.8 Å². The van der Waals surface area contributed by atoms with Gasteiger partial charge in [0.25, 0.3) is 0 Å². The Balaban J connectivity index is 1.57. The summed E-state index contributed by atoms with van der Waals surface area (Å²) in [4.78, 5) is 41.3. The standard InChI is InChI=1S/C22H24N2O3/c1-14(24-21(26)18-9-5-6-10-19(18)22(24)27)20(25)23(2)17-12-11-15-7-3-4-8-16(15)13-17/h3-4,7-8,11-14,18-19H,5-6,9-10H2,1-2H3. The Kier molecular flexibility index (Phi) is 4.46. The SMILES string of the molecule is CC(C(=O)N(C)c1ccc2ccccc2c1)N1C(=O)C2CCCCC2C1=O. The lowest BCUT2D eigenvalue weighted by atomic mass is 9.81. The molecule has 0 aromatic heterocycles. The molecule has 5 nitrogen and oxygen atoms in total. The van der Waals surface area contributed by atoms with Gasteiger partial charge < -0.3 is 4.90 Å². The number of amides is 3. The normalized spacial score (nSPS) is 23.4. The summed E-state index contributed by atoms with van der Waals surface area (Å²) in [6.45, 7) is 1.66. The Morgan fingerprint density at radius 2 is 1.59 bits per heavy atom. The van der Waals surface area contributed by atoms with E-state index in [4.69, 9.17) is 0 Å². The molecule has 2 aromatic rings. The van der Waals surface area contributed by atoms with Crippen molar-refractivity contribution in [3.8, 4) is 0 Å². The molecule has 0 N–H and O–H groups in total. The molecule has 1 aliphatic heterocycles.